The molecule has 0 aromatic carbocycles. The summed E-state index contributed by atoms with van der Waals surface area (Å²) < 4.78 is 1.64. The molecule has 1 aliphatic rings. The Labute approximate surface area is 109 Å². The number of carbonyl (C=O) groups is 2. The van der Waals surface area contributed by atoms with Crippen molar-refractivity contribution in [3.05, 3.63) is 24.0 Å². The van der Waals surface area contributed by atoms with Crippen LogP contribution in [0.25, 0.3) is 5.65 Å². The molecule has 1 saturated heterocycles. The van der Waals surface area contributed by atoms with Gasteiger partial charge in [-0.25, -0.2) is 4.98 Å². The standard InChI is InChI=1S/C12H13N5O2/c1-7-4-9-13-6-14-17(9)10(5-7)15-8-2-3-11(18)16-12(8)19/h4-6,8,15H,2-3H2,1H3,(H,16,18,19). The Morgan fingerprint density at radius 2 is 2.26 bits per heavy atom. The van der Waals surface area contributed by atoms with Gasteiger partial charge in [0.15, 0.2) is 5.65 Å². The molecule has 2 aromatic rings. The predicted octanol–water partition coefficient (Wildman–Crippen LogP) is 0.255. The van der Waals surface area contributed by atoms with Crippen LogP contribution in [-0.2, 0) is 9.59 Å². The van der Waals surface area contributed by atoms with E-state index >= 15 is 0 Å². The first kappa shape index (κ1) is 11.6. The van der Waals surface area contributed by atoms with E-state index in [-0.39, 0.29) is 11.8 Å². The van der Waals surface area contributed by atoms with Crippen molar-refractivity contribution >= 4 is 23.3 Å². The average Bonchev–Trinajstić information content (AvgIpc) is 2.80. The minimum Gasteiger partial charge on any atom is -0.358 e. The first-order valence-corrected chi connectivity index (χ1v) is 6.04. The molecule has 0 spiro atoms. The molecule has 7 heteroatoms. The normalized spacial score (nSPS) is 19.5. The van der Waals surface area contributed by atoms with Crippen LogP contribution in [0.15, 0.2) is 18.5 Å². The second-order valence-corrected chi connectivity index (χ2v) is 4.60. The molecular weight excluding hydrogens is 246 g/mol. The maximum Gasteiger partial charge on any atom is 0.249 e. The van der Waals surface area contributed by atoms with E-state index in [1.165, 1.54) is 6.33 Å². The summed E-state index contributed by atoms with van der Waals surface area (Å²) in [5.41, 5.74) is 1.74. The number of aromatic nitrogens is 3. The van der Waals surface area contributed by atoms with Crippen molar-refractivity contribution in [3.63, 3.8) is 0 Å². The van der Waals surface area contributed by atoms with Gasteiger partial charge in [0.25, 0.3) is 0 Å². The molecule has 2 aromatic heterocycles. The Morgan fingerprint density at radius 1 is 1.42 bits per heavy atom. The van der Waals surface area contributed by atoms with E-state index in [0.717, 1.165) is 11.2 Å². The van der Waals surface area contributed by atoms with Crippen molar-refractivity contribution in [1.29, 1.82) is 0 Å². The number of carbonyl (C=O) groups excluding carboxylic acids is 2. The molecule has 1 aliphatic heterocycles. The molecule has 2 amide bonds. The number of amides is 2. The number of hydrogen-bond donors (Lipinski definition) is 2. The smallest absolute Gasteiger partial charge is 0.249 e. The van der Waals surface area contributed by atoms with Gasteiger partial charge in [0.05, 0.1) is 0 Å². The highest BCUT2D eigenvalue weighted by Gasteiger charge is 2.26. The lowest BCUT2D eigenvalue weighted by Crippen LogP contribution is -2.47. The van der Waals surface area contributed by atoms with Gasteiger partial charge in [-0.2, -0.15) is 9.61 Å². The average molecular weight is 259 g/mol. The van der Waals surface area contributed by atoms with Crippen molar-refractivity contribution in [2.45, 2.75) is 25.8 Å². The molecule has 98 valence electrons. The molecule has 1 fully saturated rings. The summed E-state index contributed by atoms with van der Waals surface area (Å²) in [7, 11) is 0. The van der Waals surface area contributed by atoms with Crippen LogP contribution in [0.3, 0.4) is 0 Å². The monoisotopic (exact) mass is 259 g/mol. The summed E-state index contributed by atoms with van der Waals surface area (Å²) in [5.74, 6) is 0.172. The van der Waals surface area contributed by atoms with E-state index in [0.29, 0.717) is 18.7 Å². The van der Waals surface area contributed by atoms with Gasteiger partial charge in [0.2, 0.25) is 11.8 Å². The Morgan fingerprint density at radius 3 is 3.05 bits per heavy atom. The number of anilines is 1. The van der Waals surface area contributed by atoms with Crippen LogP contribution in [0.2, 0.25) is 0 Å². The van der Waals surface area contributed by atoms with E-state index in [2.05, 4.69) is 20.7 Å². The lowest BCUT2D eigenvalue weighted by Gasteiger charge is -2.23. The van der Waals surface area contributed by atoms with Crippen molar-refractivity contribution in [2.75, 3.05) is 5.32 Å². The number of nitrogens with one attached hydrogen (secondary N) is 2. The van der Waals surface area contributed by atoms with Gasteiger partial charge in [-0.15, -0.1) is 0 Å². The van der Waals surface area contributed by atoms with Crippen LogP contribution in [0, 0.1) is 6.92 Å². The number of piperidine rings is 1. The van der Waals surface area contributed by atoms with E-state index in [1.807, 2.05) is 19.1 Å². The van der Waals surface area contributed by atoms with Gasteiger partial charge in [-0.05, 0) is 31.0 Å². The van der Waals surface area contributed by atoms with Crippen LogP contribution >= 0.6 is 0 Å². The SMILES string of the molecule is Cc1cc(NC2CCC(=O)NC2=O)n2ncnc2c1. The topological polar surface area (TPSA) is 88.4 Å². The fraction of sp³-hybridized carbons (Fsp3) is 0.333. The van der Waals surface area contributed by atoms with Crippen LogP contribution in [0.5, 0.6) is 0 Å². The zero-order valence-electron chi connectivity index (χ0n) is 10.4. The maximum absolute atomic E-state index is 11.7. The van der Waals surface area contributed by atoms with Gasteiger partial charge >= 0.3 is 0 Å². The number of fused-ring (bicyclic) bond motifs is 1. The number of rotatable bonds is 2. The lowest BCUT2D eigenvalue weighted by atomic mass is 10.1. The molecule has 19 heavy (non-hydrogen) atoms. The molecule has 2 N–H and O–H groups in total. The van der Waals surface area contributed by atoms with Crippen molar-refractivity contribution < 1.29 is 9.59 Å². The highest BCUT2D eigenvalue weighted by Crippen LogP contribution is 2.16. The second kappa shape index (κ2) is 4.34. The molecule has 3 rings (SSSR count). The zero-order valence-corrected chi connectivity index (χ0v) is 10.4. The van der Waals surface area contributed by atoms with Gasteiger partial charge in [0, 0.05) is 6.42 Å². The van der Waals surface area contributed by atoms with Crippen LogP contribution in [-0.4, -0.2) is 32.5 Å². The number of pyridine rings is 1. The Balaban J connectivity index is 1.91. The maximum atomic E-state index is 11.7. The van der Waals surface area contributed by atoms with Crippen LogP contribution < -0.4 is 10.6 Å². The third-order valence-corrected chi connectivity index (χ3v) is 3.08. The molecule has 7 nitrogen and oxygen atoms in total. The number of nitrogens with zero attached hydrogens (tertiary/aromatic N) is 3. The first-order chi connectivity index (χ1) is 9.13. The van der Waals surface area contributed by atoms with Gasteiger partial charge in [-0.1, -0.05) is 0 Å². The predicted molar refractivity (Wildman–Crippen MR) is 67.5 cm³/mol. The largest absolute Gasteiger partial charge is 0.358 e. The van der Waals surface area contributed by atoms with Gasteiger partial charge in [-0.3, -0.25) is 14.9 Å². The second-order valence-electron chi connectivity index (χ2n) is 4.60. The number of imide groups is 1. The summed E-state index contributed by atoms with van der Waals surface area (Å²) in [6.45, 7) is 1.95. The third-order valence-electron chi connectivity index (χ3n) is 3.08. The van der Waals surface area contributed by atoms with E-state index in [1.54, 1.807) is 4.52 Å². The van der Waals surface area contributed by atoms with Gasteiger partial charge in [0.1, 0.15) is 18.2 Å². The summed E-state index contributed by atoms with van der Waals surface area (Å²) in [6, 6.07) is 3.38. The van der Waals surface area contributed by atoms with Crippen molar-refractivity contribution in [3.8, 4) is 0 Å². The molecule has 0 saturated carbocycles. The molecule has 0 bridgehead atoms. The van der Waals surface area contributed by atoms with Crippen LogP contribution in [0.1, 0.15) is 18.4 Å². The Bertz CT molecular complexity index is 663. The molecule has 0 radical (unpaired) electrons. The molecule has 1 unspecified atom stereocenters. The quantitative estimate of drug-likeness (QED) is 0.755. The van der Waals surface area contributed by atoms with E-state index in [9.17, 15) is 9.59 Å². The summed E-state index contributed by atoms with van der Waals surface area (Å²) in [4.78, 5) is 27.0. The Hall–Kier alpha value is -2.44. The summed E-state index contributed by atoms with van der Waals surface area (Å²) >= 11 is 0. The molecular formula is C12H13N5O2. The van der Waals surface area contributed by atoms with Crippen LogP contribution in [0.4, 0.5) is 5.82 Å². The Kier molecular flexibility index (Phi) is 2.66. The van der Waals surface area contributed by atoms with Crippen molar-refractivity contribution in [1.82, 2.24) is 19.9 Å². The summed E-state index contributed by atoms with van der Waals surface area (Å²) in [5, 5.41) is 9.55. The molecule has 1 atom stereocenters. The number of aryl methyl sites for hydroxylation is 1. The van der Waals surface area contributed by atoms with Crippen molar-refractivity contribution in [2.24, 2.45) is 0 Å². The number of hydrogen-bond acceptors (Lipinski definition) is 5. The minimum atomic E-state index is -0.424. The molecule has 0 aliphatic carbocycles. The first-order valence-electron chi connectivity index (χ1n) is 6.04. The lowest BCUT2D eigenvalue weighted by molar-refractivity contribution is -0.133. The zero-order chi connectivity index (χ0) is 13.4. The fourth-order valence-corrected chi connectivity index (χ4v) is 2.17. The summed E-state index contributed by atoms with van der Waals surface area (Å²) in [6.07, 6.45) is 2.29. The highest BCUT2D eigenvalue weighted by atomic mass is 16.2. The molecule has 3 heterocycles. The minimum absolute atomic E-state index is 0.224. The highest BCUT2D eigenvalue weighted by molar-refractivity contribution is 6.01. The third kappa shape index (κ3) is 2.14. The van der Waals surface area contributed by atoms with E-state index < -0.39 is 6.04 Å². The van der Waals surface area contributed by atoms with Gasteiger partial charge < -0.3 is 5.32 Å². The van der Waals surface area contributed by atoms with E-state index in [4.69, 9.17) is 0 Å². The fourth-order valence-electron chi connectivity index (χ4n) is 2.17.